The van der Waals surface area contributed by atoms with Gasteiger partial charge in [0.2, 0.25) is 0 Å². The van der Waals surface area contributed by atoms with Crippen LogP contribution in [0.1, 0.15) is 66.2 Å². The summed E-state index contributed by atoms with van der Waals surface area (Å²) in [6.45, 7) is 8.03. The first-order chi connectivity index (χ1) is 9.24. The van der Waals surface area contributed by atoms with Gasteiger partial charge in [0.05, 0.1) is 0 Å². The lowest BCUT2D eigenvalue weighted by Crippen LogP contribution is -2.39. The summed E-state index contributed by atoms with van der Waals surface area (Å²) in [5, 5.41) is 9.65. The molecular formula is C18H28O2. The highest BCUT2D eigenvalue weighted by Gasteiger charge is 2.52. The predicted octanol–water partition coefficient (Wildman–Crippen LogP) is 3.57. The molecule has 2 rings (SSSR count). The van der Waals surface area contributed by atoms with Gasteiger partial charge in [-0.3, -0.25) is 4.79 Å². The Kier molecular flexibility index (Phi) is 4.30. The van der Waals surface area contributed by atoms with Gasteiger partial charge in [-0.15, -0.1) is 5.92 Å². The molecule has 20 heavy (non-hydrogen) atoms. The van der Waals surface area contributed by atoms with E-state index in [-0.39, 0.29) is 5.41 Å². The summed E-state index contributed by atoms with van der Waals surface area (Å²) in [5.74, 6) is 7.95. The molecule has 0 amide bonds. The van der Waals surface area contributed by atoms with Gasteiger partial charge in [0, 0.05) is 18.8 Å². The molecule has 2 nitrogen and oxygen atoms in total. The van der Waals surface area contributed by atoms with E-state index >= 15 is 0 Å². The first-order valence-electron chi connectivity index (χ1n) is 7.99. The first-order valence-corrected chi connectivity index (χ1v) is 7.99. The average Bonchev–Trinajstić information content (AvgIpc) is 2.66. The van der Waals surface area contributed by atoms with Gasteiger partial charge in [0.1, 0.15) is 11.4 Å². The van der Waals surface area contributed by atoms with Gasteiger partial charge in [0.25, 0.3) is 0 Å². The summed E-state index contributed by atoms with van der Waals surface area (Å²) < 4.78 is 0. The smallest absolute Gasteiger partial charge is 0.136 e. The summed E-state index contributed by atoms with van der Waals surface area (Å²) in [5.41, 5.74) is -0.701. The summed E-state index contributed by atoms with van der Waals surface area (Å²) in [6, 6.07) is 0. The molecule has 2 saturated carbocycles. The molecule has 2 fully saturated rings. The van der Waals surface area contributed by atoms with Crippen LogP contribution >= 0.6 is 0 Å². The zero-order valence-corrected chi connectivity index (χ0v) is 13.3. The van der Waals surface area contributed by atoms with E-state index in [9.17, 15) is 9.90 Å². The van der Waals surface area contributed by atoms with Crippen molar-refractivity contribution in [2.75, 3.05) is 0 Å². The molecule has 0 aliphatic heterocycles. The third-order valence-corrected chi connectivity index (χ3v) is 5.44. The zero-order chi connectivity index (χ0) is 15.0. The quantitative estimate of drug-likeness (QED) is 0.783. The van der Waals surface area contributed by atoms with Crippen molar-refractivity contribution in [3.8, 4) is 11.8 Å². The van der Waals surface area contributed by atoms with Crippen molar-refractivity contribution < 1.29 is 9.90 Å². The molecule has 0 aromatic heterocycles. The molecule has 0 saturated heterocycles. The standard InChI is InChI=1S/C18H28O2/c1-13(7-5-11-17(2,3)20)14-9-10-15-16(19)8-6-12-18(14,15)4/h13-15,20H,6-10,12H2,1-4H3/t13?,14-,15+,18-/m1/s1. The fourth-order valence-electron chi connectivity index (χ4n) is 4.48. The number of carbonyl (C=O) groups excluding carboxylic acids is 1. The van der Waals surface area contributed by atoms with Crippen molar-refractivity contribution in [1.82, 2.24) is 0 Å². The van der Waals surface area contributed by atoms with Crippen LogP contribution in [0.15, 0.2) is 0 Å². The second-order valence-corrected chi connectivity index (χ2v) is 7.60. The molecule has 2 aliphatic carbocycles. The molecule has 0 heterocycles. The van der Waals surface area contributed by atoms with Crippen LogP contribution in [-0.2, 0) is 4.79 Å². The normalized spacial score (nSPS) is 35.1. The average molecular weight is 276 g/mol. The van der Waals surface area contributed by atoms with Gasteiger partial charge in [0.15, 0.2) is 0 Å². The largest absolute Gasteiger partial charge is 0.378 e. The number of rotatable bonds is 2. The number of aliphatic hydroxyl groups is 1. The second kappa shape index (κ2) is 5.53. The topological polar surface area (TPSA) is 37.3 Å². The maximum atomic E-state index is 12.1. The Balaban J connectivity index is 2.05. The van der Waals surface area contributed by atoms with E-state index in [1.54, 1.807) is 13.8 Å². The van der Waals surface area contributed by atoms with Crippen molar-refractivity contribution in [2.45, 2.75) is 71.8 Å². The minimum atomic E-state index is -0.900. The maximum Gasteiger partial charge on any atom is 0.136 e. The molecule has 2 heteroatoms. The van der Waals surface area contributed by atoms with Crippen LogP contribution in [0, 0.1) is 35.0 Å². The maximum absolute atomic E-state index is 12.1. The van der Waals surface area contributed by atoms with E-state index in [1.165, 1.54) is 6.42 Å². The lowest BCUT2D eigenvalue weighted by molar-refractivity contribution is -0.130. The summed E-state index contributed by atoms with van der Waals surface area (Å²) in [4.78, 5) is 12.1. The lowest BCUT2D eigenvalue weighted by Gasteiger charge is -2.42. The van der Waals surface area contributed by atoms with Crippen LogP contribution in [0.4, 0.5) is 0 Å². The number of hydrogen-bond donors (Lipinski definition) is 1. The van der Waals surface area contributed by atoms with E-state index < -0.39 is 5.60 Å². The Hall–Kier alpha value is -0.810. The zero-order valence-electron chi connectivity index (χ0n) is 13.3. The molecule has 1 unspecified atom stereocenters. The number of fused-ring (bicyclic) bond motifs is 1. The van der Waals surface area contributed by atoms with Crippen LogP contribution in [0.25, 0.3) is 0 Å². The highest BCUT2D eigenvalue weighted by Crippen LogP contribution is 2.56. The third kappa shape index (κ3) is 3.09. The minimum Gasteiger partial charge on any atom is -0.378 e. The van der Waals surface area contributed by atoms with Gasteiger partial charge in [-0.05, 0) is 56.8 Å². The van der Waals surface area contributed by atoms with E-state index in [1.807, 2.05) is 0 Å². The Morgan fingerprint density at radius 3 is 2.80 bits per heavy atom. The molecule has 112 valence electrons. The molecule has 0 aromatic carbocycles. The number of carbonyl (C=O) groups is 1. The second-order valence-electron chi connectivity index (χ2n) is 7.60. The van der Waals surface area contributed by atoms with Crippen molar-refractivity contribution in [3.63, 3.8) is 0 Å². The summed E-state index contributed by atoms with van der Waals surface area (Å²) in [7, 11) is 0. The van der Waals surface area contributed by atoms with Crippen LogP contribution in [0.5, 0.6) is 0 Å². The van der Waals surface area contributed by atoms with Crippen LogP contribution < -0.4 is 0 Å². The number of hydrogen-bond acceptors (Lipinski definition) is 2. The Morgan fingerprint density at radius 2 is 2.15 bits per heavy atom. The van der Waals surface area contributed by atoms with E-state index in [4.69, 9.17) is 0 Å². The fraction of sp³-hybridized carbons (Fsp3) is 0.833. The Labute approximate surface area is 123 Å². The van der Waals surface area contributed by atoms with Gasteiger partial charge < -0.3 is 5.11 Å². The van der Waals surface area contributed by atoms with Crippen LogP contribution in [0.2, 0.25) is 0 Å². The molecule has 1 N–H and O–H groups in total. The van der Waals surface area contributed by atoms with Crippen molar-refractivity contribution >= 4 is 5.78 Å². The molecule has 2 aliphatic rings. The summed E-state index contributed by atoms with van der Waals surface area (Å²) in [6.07, 6.45) is 6.11. The van der Waals surface area contributed by atoms with Gasteiger partial charge >= 0.3 is 0 Å². The van der Waals surface area contributed by atoms with Gasteiger partial charge in [-0.2, -0.15) is 0 Å². The van der Waals surface area contributed by atoms with Crippen molar-refractivity contribution in [2.24, 2.45) is 23.2 Å². The lowest BCUT2D eigenvalue weighted by atomic mass is 9.62. The molecule has 0 spiro atoms. The Morgan fingerprint density at radius 1 is 1.45 bits per heavy atom. The monoisotopic (exact) mass is 276 g/mol. The molecule has 0 radical (unpaired) electrons. The van der Waals surface area contributed by atoms with Gasteiger partial charge in [-0.1, -0.05) is 19.8 Å². The highest BCUT2D eigenvalue weighted by atomic mass is 16.3. The molecule has 4 atom stereocenters. The predicted molar refractivity (Wildman–Crippen MR) is 81.0 cm³/mol. The van der Waals surface area contributed by atoms with Crippen molar-refractivity contribution in [3.05, 3.63) is 0 Å². The first kappa shape index (κ1) is 15.6. The molecule has 0 aromatic rings. The molecule has 0 bridgehead atoms. The number of ketones is 1. The summed E-state index contributed by atoms with van der Waals surface area (Å²) >= 11 is 0. The van der Waals surface area contributed by atoms with Crippen LogP contribution in [0.3, 0.4) is 0 Å². The fourth-order valence-corrected chi connectivity index (χ4v) is 4.48. The number of Topliss-reactive ketones (excluding diaryl/α,β-unsaturated/α-hetero) is 1. The highest BCUT2D eigenvalue weighted by molar-refractivity contribution is 5.83. The van der Waals surface area contributed by atoms with Crippen molar-refractivity contribution in [1.29, 1.82) is 0 Å². The third-order valence-electron chi connectivity index (χ3n) is 5.44. The SMILES string of the molecule is CC(CC#CC(C)(C)O)[C@H]1CC[C@H]2C(=O)CCC[C@]12C. The minimum absolute atomic E-state index is 0.200. The van der Waals surface area contributed by atoms with E-state index in [0.29, 0.717) is 23.5 Å². The van der Waals surface area contributed by atoms with E-state index in [0.717, 1.165) is 32.1 Å². The molecular weight excluding hydrogens is 248 g/mol. The van der Waals surface area contributed by atoms with Crippen LogP contribution in [-0.4, -0.2) is 16.5 Å². The van der Waals surface area contributed by atoms with E-state index in [2.05, 4.69) is 25.7 Å². The Bertz CT molecular complexity index is 435. The van der Waals surface area contributed by atoms with Gasteiger partial charge in [-0.25, -0.2) is 0 Å².